The van der Waals surface area contributed by atoms with Gasteiger partial charge in [0.25, 0.3) is 0 Å². The van der Waals surface area contributed by atoms with Crippen LogP contribution in [0.1, 0.15) is 22.9 Å². The third-order valence-corrected chi connectivity index (χ3v) is 3.81. The first-order valence-corrected chi connectivity index (χ1v) is 6.91. The Labute approximate surface area is 122 Å². The van der Waals surface area contributed by atoms with Gasteiger partial charge in [-0.2, -0.15) is 5.10 Å². The molecule has 3 aromatic rings. The molecule has 3 nitrogen and oxygen atoms in total. The fraction of sp³-hybridized carbons (Fsp3) is 0.235. The third-order valence-electron chi connectivity index (χ3n) is 3.81. The summed E-state index contributed by atoms with van der Waals surface area (Å²) in [6, 6.07) is 12.4. The summed E-state index contributed by atoms with van der Waals surface area (Å²) in [6.45, 7) is 1.80. The number of rotatable bonds is 3. The summed E-state index contributed by atoms with van der Waals surface area (Å²) in [7, 11) is 1.89. The van der Waals surface area contributed by atoms with E-state index in [4.69, 9.17) is 0 Å². The van der Waals surface area contributed by atoms with Crippen molar-refractivity contribution < 1.29 is 9.50 Å². The lowest BCUT2D eigenvalue weighted by molar-refractivity contribution is 0.176. The molecule has 1 N–H and O–H groups in total. The Morgan fingerprint density at radius 1 is 1.24 bits per heavy atom. The van der Waals surface area contributed by atoms with Crippen molar-refractivity contribution in [1.29, 1.82) is 0 Å². The Morgan fingerprint density at radius 3 is 2.76 bits per heavy atom. The maximum atomic E-state index is 13.2. The number of halogens is 1. The van der Waals surface area contributed by atoms with Crippen molar-refractivity contribution in [1.82, 2.24) is 9.78 Å². The molecule has 0 aliphatic heterocycles. The number of aryl methyl sites for hydroxylation is 2. The van der Waals surface area contributed by atoms with Crippen molar-refractivity contribution in [2.75, 3.05) is 0 Å². The number of nitrogens with zero attached hydrogens (tertiary/aromatic N) is 2. The van der Waals surface area contributed by atoms with Crippen molar-refractivity contribution in [2.45, 2.75) is 19.4 Å². The van der Waals surface area contributed by atoms with Gasteiger partial charge in [-0.05, 0) is 36.2 Å². The largest absolute Gasteiger partial charge is 0.388 e. The number of fused-ring (bicyclic) bond motifs is 1. The predicted molar refractivity (Wildman–Crippen MR) is 80.5 cm³/mol. The quantitative estimate of drug-likeness (QED) is 0.801. The van der Waals surface area contributed by atoms with Crippen molar-refractivity contribution in [2.24, 2.45) is 7.05 Å². The van der Waals surface area contributed by atoms with E-state index in [1.54, 1.807) is 13.0 Å². The van der Waals surface area contributed by atoms with Crippen LogP contribution in [0.4, 0.5) is 4.39 Å². The maximum Gasteiger partial charge on any atom is 0.123 e. The predicted octanol–water partition coefficient (Wildman–Crippen LogP) is 3.30. The Bertz CT molecular complexity index is 795. The highest BCUT2D eigenvalue weighted by molar-refractivity contribution is 5.81. The lowest BCUT2D eigenvalue weighted by Gasteiger charge is -2.12. The van der Waals surface area contributed by atoms with Gasteiger partial charge in [-0.1, -0.05) is 24.3 Å². The van der Waals surface area contributed by atoms with E-state index in [2.05, 4.69) is 5.10 Å². The number of aliphatic hydroxyl groups excluding tert-OH is 1. The molecule has 1 unspecified atom stereocenters. The highest BCUT2D eigenvalue weighted by Crippen LogP contribution is 2.25. The fourth-order valence-corrected chi connectivity index (χ4v) is 2.75. The number of benzene rings is 2. The molecule has 0 saturated heterocycles. The lowest BCUT2D eigenvalue weighted by Crippen LogP contribution is -2.05. The molecule has 4 heteroatoms. The molecule has 1 atom stereocenters. The van der Waals surface area contributed by atoms with Crippen LogP contribution in [0.25, 0.3) is 10.9 Å². The molecule has 0 aliphatic rings. The van der Waals surface area contributed by atoms with Crippen molar-refractivity contribution in [3.8, 4) is 0 Å². The summed E-state index contributed by atoms with van der Waals surface area (Å²) in [6.07, 6.45) is -0.280. The number of hydrogen-bond acceptors (Lipinski definition) is 2. The monoisotopic (exact) mass is 284 g/mol. The molecular formula is C17H17FN2O. The number of aromatic nitrogens is 2. The van der Waals surface area contributed by atoms with Crippen LogP contribution in [-0.2, 0) is 13.5 Å². The van der Waals surface area contributed by atoms with Gasteiger partial charge in [-0.3, -0.25) is 4.68 Å². The number of aliphatic hydroxyl groups is 1. The molecule has 108 valence electrons. The van der Waals surface area contributed by atoms with Gasteiger partial charge in [0.2, 0.25) is 0 Å². The van der Waals surface area contributed by atoms with Gasteiger partial charge in [-0.25, -0.2) is 4.39 Å². The second-order valence-electron chi connectivity index (χ2n) is 5.31. The molecule has 0 bridgehead atoms. The second kappa shape index (κ2) is 5.30. The lowest BCUT2D eigenvalue weighted by atomic mass is 9.99. The molecule has 1 heterocycles. The van der Waals surface area contributed by atoms with E-state index in [1.165, 1.54) is 12.1 Å². The Kier molecular flexibility index (Phi) is 3.47. The van der Waals surface area contributed by atoms with Crippen LogP contribution in [0.5, 0.6) is 0 Å². The van der Waals surface area contributed by atoms with Crippen LogP contribution in [0.3, 0.4) is 0 Å². The molecule has 3 rings (SSSR count). The first-order valence-electron chi connectivity index (χ1n) is 6.91. The molecule has 0 aliphatic carbocycles. The van der Waals surface area contributed by atoms with Gasteiger partial charge in [-0.15, -0.1) is 0 Å². The number of para-hydroxylation sites is 1. The first kappa shape index (κ1) is 13.8. The SMILES string of the molecule is Cc1cc(F)ccc1C(O)Cc1nn(C)c2ccccc12. The summed E-state index contributed by atoms with van der Waals surface area (Å²) in [5.74, 6) is -0.285. The van der Waals surface area contributed by atoms with Gasteiger partial charge in [0, 0.05) is 18.9 Å². The van der Waals surface area contributed by atoms with E-state index in [0.29, 0.717) is 6.42 Å². The van der Waals surface area contributed by atoms with E-state index in [1.807, 2.05) is 36.0 Å². The van der Waals surface area contributed by atoms with Crippen LogP contribution in [0, 0.1) is 12.7 Å². The Hall–Kier alpha value is -2.20. The summed E-state index contributed by atoms with van der Waals surface area (Å²) >= 11 is 0. The zero-order valence-corrected chi connectivity index (χ0v) is 12.0. The van der Waals surface area contributed by atoms with Crippen LogP contribution in [0.15, 0.2) is 42.5 Å². The van der Waals surface area contributed by atoms with E-state index in [-0.39, 0.29) is 5.82 Å². The second-order valence-corrected chi connectivity index (χ2v) is 5.31. The van der Waals surface area contributed by atoms with Gasteiger partial charge >= 0.3 is 0 Å². The van der Waals surface area contributed by atoms with Crippen LogP contribution in [-0.4, -0.2) is 14.9 Å². The molecule has 0 amide bonds. The normalized spacial score (nSPS) is 12.8. The van der Waals surface area contributed by atoms with E-state index >= 15 is 0 Å². The molecule has 0 radical (unpaired) electrons. The Balaban J connectivity index is 1.94. The summed E-state index contributed by atoms with van der Waals surface area (Å²) in [5.41, 5.74) is 3.38. The zero-order valence-electron chi connectivity index (χ0n) is 12.0. The van der Waals surface area contributed by atoms with Crippen LogP contribution in [0.2, 0.25) is 0 Å². The molecule has 2 aromatic carbocycles. The van der Waals surface area contributed by atoms with Gasteiger partial charge in [0.05, 0.1) is 17.3 Å². The van der Waals surface area contributed by atoms with Gasteiger partial charge in [0.1, 0.15) is 5.82 Å². The van der Waals surface area contributed by atoms with E-state index < -0.39 is 6.10 Å². The maximum absolute atomic E-state index is 13.2. The standard InChI is InChI=1S/C17H17FN2O/c1-11-9-12(18)7-8-13(11)17(21)10-15-14-5-3-4-6-16(14)20(2)19-15/h3-9,17,21H,10H2,1-2H3. The fourth-order valence-electron chi connectivity index (χ4n) is 2.75. The summed E-state index contributed by atoms with van der Waals surface area (Å²) in [4.78, 5) is 0. The number of hydrogen-bond donors (Lipinski definition) is 1. The van der Waals surface area contributed by atoms with Crippen molar-refractivity contribution in [3.63, 3.8) is 0 Å². The average molecular weight is 284 g/mol. The molecular weight excluding hydrogens is 267 g/mol. The average Bonchev–Trinajstić information content (AvgIpc) is 2.76. The summed E-state index contributed by atoms with van der Waals surface area (Å²) in [5, 5.41) is 16.0. The minimum Gasteiger partial charge on any atom is -0.388 e. The molecule has 0 saturated carbocycles. The summed E-state index contributed by atoms with van der Waals surface area (Å²) < 4.78 is 15.0. The molecule has 0 spiro atoms. The highest BCUT2D eigenvalue weighted by atomic mass is 19.1. The molecule has 21 heavy (non-hydrogen) atoms. The highest BCUT2D eigenvalue weighted by Gasteiger charge is 2.16. The third kappa shape index (κ3) is 2.54. The molecule has 0 fully saturated rings. The topological polar surface area (TPSA) is 38.1 Å². The minimum atomic E-state index is -0.691. The first-order chi connectivity index (χ1) is 10.1. The van der Waals surface area contributed by atoms with Crippen molar-refractivity contribution >= 4 is 10.9 Å². The Morgan fingerprint density at radius 2 is 2.00 bits per heavy atom. The zero-order chi connectivity index (χ0) is 15.0. The smallest absolute Gasteiger partial charge is 0.123 e. The van der Waals surface area contributed by atoms with Crippen molar-refractivity contribution in [3.05, 3.63) is 65.1 Å². The van der Waals surface area contributed by atoms with E-state index in [0.717, 1.165) is 27.7 Å². The van der Waals surface area contributed by atoms with Gasteiger partial charge < -0.3 is 5.11 Å². The van der Waals surface area contributed by atoms with Crippen LogP contribution < -0.4 is 0 Å². The minimum absolute atomic E-state index is 0.285. The molecule has 1 aromatic heterocycles. The van der Waals surface area contributed by atoms with Gasteiger partial charge in [0.15, 0.2) is 0 Å². The van der Waals surface area contributed by atoms with Crippen LogP contribution >= 0.6 is 0 Å². The van der Waals surface area contributed by atoms with E-state index in [9.17, 15) is 9.50 Å².